The Kier molecular flexibility index (Phi) is 5.37. The number of thiophene rings is 1. The number of aromatic amines is 1. The number of carbonyl (C=O) groups is 1. The van der Waals surface area contributed by atoms with Crippen molar-refractivity contribution in [3.05, 3.63) is 58.5 Å². The summed E-state index contributed by atoms with van der Waals surface area (Å²) in [7, 11) is -3.64. The summed E-state index contributed by atoms with van der Waals surface area (Å²) < 4.78 is 27.7. The lowest BCUT2D eigenvalue weighted by Crippen LogP contribution is -2.48. The maximum atomic E-state index is 13.0. The number of carbonyl (C=O) groups excluding carboxylic acids is 1. The van der Waals surface area contributed by atoms with Crippen molar-refractivity contribution in [2.45, 2.75) is 4.21 Å². The Morgan fingerprint density at radius 3 is 2.43 bits per heavy atom. The second kappa shape index (κ2) is 7.97. The van der Waals surface area contributed by atoms with Gasteiger partial charge in [0.1, 0.15) is 15.7 Å². The predicted molar refractivity (Wildman–Crippen MR) is 112 cm³/mol. The molecule has 1 fully saturated rings. The molecule has 0 saturated carbocycles. The molecule has 12 heteroatoms. The number of primary amides is 1. The summed E-state index contributed by atoms with van der Waals surface area (Å²) >= 11 is 1.11. The lowest BCUT2D eigenvalue weighted by atomic mass is 10.2. The number of aromatic nitrogens is 3. The number of nitrogens with two attached hydrogens (primary N) is 1. The smallest absolute Gasteiger partial charge is 0.264 e. The van der Waals surface area contributed by atoms with E-state index in [1.165, 1.54) is 16.6 Å². The molecule has 0 bridgehead atoms. The maximum absolute atomic E-state index is 13.0. The van der Waals surface area contributed by atoms with Crippen LogP contribution in [0.3, 0.4) is 0 Å². The van der Waals surface area contributed by atoms with Crippen LogP contribution in [0, 0.1) is 0 Å². The van der Waals surface area contributed by atoms with Crippen LogP contribution in [-0.2, 0) is 10.0 Å². The van der Waals surface area contributed by atoms with Gasteiger partial charge >= 0.3 is 0 Å². The fourth-order valence-electron chi connectivity index (χ4n) is 3.08. The first-order valence-electron chi connectivity index (χ1n) is 9.01. The van der Waals surface area contributed by atoms with E-state index >= 15 is 0 Å². The Balaban J connectivity index is 1.45. The maximum Gasteiger partial charge on any atom is 0.264 e. The number of piperazine rings is 1. The highest BCUT2D eigenvalue weighted by molar-refractivity contribution is 7.91. The summed E-state index contributed by atoms with van der Waals surface area (Å²) in [4.78, 5) is 29.2. The summed E-state index contributed by atoms with van der Waals surface area (Å²) in [6.07, 6.45) is 1.42. The molecule has 3 aromatic heterocycles. The van der Waals surface area contributed by atoms with Gasteiger partial charge in [-0.2, -0.15) is 9.40 Å². The Labute approximate surface area is 176 Å². The van der Waals surface area contributed by atoms with Gasteiger partial charge in [0.15, 0.2) is 0 Å². The molecular formula is C18H18N6O4S2. The SMILES string of the molecule is NC(=O)c1ccc(N2CCN(S(=O)(=O)c3ccc(-c4ccc(=O)[nH]n4)s3)CC2)nc1. The molecule has 30 heavy (non-hydrogen) atoms. The van der Waals surface area contributed by atoms with Crippen molar-refractivity contribution in [2.75, 3.05) is 31.1 Å². The Bertz CT molecular complexity index is 1210. The number of nitrogens with one attached hydrogen (secondary N) is 1. The van der Waals surface area contributed by atoms with E-state index in [1.807, 2.05) is 4.90 Å². The number of amides is 1. The fraction of sp³-hybridized carbons (Fsp3) is 0.222. The van der Waals surface area contributed by atoms with E-state index in [9.17, 15) is 18.0 Å². The zero-order valence-corrected chi connectivity index (χ0v) is 17.3. The second-order valence-electron chi connectivity index (χ2n) is 6.59. The molecule has 4 rings (SSSR count). The summed E-state index contributed by atoms with van der Waals surface area (Å²) in [5.74, 6) is 0.122. The van der Waals surface area contributed by atoms with Crippen LogP contribution < -0.4 is 16.2 Å². The quantitative estimate of drug-likeness (QED) is 0.581. The number of nitrogens with zero attached hydrogens (tertiary/aromatic N) is 4. The summed E-state index contributed by atoms with van der Waals surface area (Å²) in [6, 6.07) is 9.44. The molecule has 10 nitrogen and oxygen atoms in total. The average molecular weight is 447 g/mol. The van der Waals surface area contributed by atoms with Gasteiger partial charge in [0.05, 0.1) is 10.4 Å². The van der Waals surface area contributed by atoms with Gasteiger partial charge < -0.3 is 10.6 Å². The standard InChI is InChI=1S/C18H18N6O4S2/c19-18(26)12-1-4-15(20-11-12)23-7-9-24(10-8-23)30(27,28)17-6-3-14(29-17)13-2-5-16(25)22-21-13/h1-6,11H,7-10H2,(H2,19,26)(H,22,25). The zero-order valence-electron chi connectivity index (χ0n) is 15.7. The normalized spacial score (nSPS) is 15.3. The van der Waals surface area contributed by atoms with Crippen LogP contribution in [0.25, 0.3) is 10.6 Å². The van der Waals surface area contributed by atoms with E-state index in [-0.39, 0.29) is 9.77 Å². The molecule has 4 heterocycles. The third-order valence-electron chi connectivity index (χ3n) is 4.70. The number of sulfonamides is 1. The van der Waals surface area contributed by atoms with Gasteiger partial charge in [-0.25, -0.2) is 18.5 Å². The third-order valence-corrected chi connectivity index (χ3v) is 8.18. The van der Waals surface area contributed by atoms with Crippen LogP contribution >= 0.6 is 11.3 Å². The fourth-order valence-corrected chi connectivity index (χ4v) is 5.93. The van der Waals surface area contributed by atoms with Gasteiger partial charge in [-0.15, -0.1) is 11.3 Å². The summed E-state index contributed by atoms with van der Waals surface area (Å²) in [5, 5.41) is 6.28. The van der Waals surface area contributed by atoms with Crippen LogP contribution in [-0.4, -0.2) is 60.0 Å². The molecule has 0 unspecified atom stereocenters. The van der Waals surface area contributed by atoms with Gasteiger partial charge in [-0.05, 0) is 30.3 Å². The van der Waals surface area contributed by atoms with Crippen molar-refractivity contribution in [1.82, 2.24) is 19.5 Å². The van der Waals surface area contributed by atoms with Crippen LogP contribution in [0.4, 0.5) is 5.82 Å². The van der Waals surface area contributed by atoms with Crippen molar-refractivity contribution in [3.8, 4) is 10.6 Å². The van der Waals surface area contributed by atoms with Crippen LogP contribution in [0.2, 0.25) is 0 Å². The lowest BCUT2D eigenvalue weighted by Gasteiger charge is -2.34. The number of H-pyrrole nitrogens is 1. The molecular weight excluding hydrogens is 428 g/mol. The largest absolute Gasteiger partial charge is 0.366 e. The Hall–Kier alpha value is -3.09. The molecule has 0 spiro atoms. The monoisotopic (exact) mass is 446 g/mol. The summed E-state index contributed by atoms with van der Waals surface area (Å²) in [6.45, 7) is 1.57. The zero-order chi connectivity index (χ0) is 21.3. The molecule has 1 saturated heterocycles. The second-order valence-corrected chi connectivity index (χ2v) is 9.83. The molecule has 1 amide bonds. The minimum atomic E-state index is -3.64. The molecule has 0 aliphatic carbocycles. The average Bonchev–Trinajstić information content (AvgIpc) is 3.26. The van der Waals surface area contributed by atoms with Crippen LogP contribution in [0.1, 0.15) is 10.4 Å². The highest BCUT2D eigenvalue weighted by atomic mass is 32.2. The third kappa shape index (κ3) is 3.97. The molecule has 0 radical (unpaired) electrons. The number of pyridine rings is 1. The number of hydrogen-bond donors (Lipinski definition) is 2. The van der Waals surface area contributed by atoms with Gasteiger partial charge in [-0.1, -0.05) is 0 Å². The van der Waals surface area contributed by atoms with Gasteiger partial charge in [-0.3, -0.25) is 9.59 Å². The Morgan fingerprint density at radius 1 is 1.07 bits per heavy atom. The van der Waals surface area contributed by atoms with E-state index in [2.05, 4.69) is 15.2 Å². The minimum Gasteiger partial charge on any atom is -0.366 e. The number of rotatable bonds is 5. The highest BCUT2D eigenvalue weighted by Gasteiger charge is 2.30. The van der Waals surface area contributed by atoms with Crippen molar-refractivity contribution in [1.29, 1.82) is 0 Å². The number of hydrogen-bond acceptors (Lipinski definition) is 8. The van der Waals surface area contributed by atoms with Crippen molar-refractivity contribution < 1.29 is 13.2 Å². The van der Waals surface area contributed by atoms with Crippen LogP contribution in [0.5, 0.6) is 0 Å². The first-order valence-corrected chi connectivity index (χ1v) is 11.3. The van der Waals surface area contributed by atoms with E-state index in [0.29, 0.717) is 48.1 Å². The topological polar surface area (TPSA) is 142 Å². The van der Waals surface area contributed by atoms with Crippen molar-refractivity contribution in [3.63, 3.8) is 0 Å². The molecule has 0 aromatic carbocycles. The predicted octanol–water partition coefficient (Wildman–Crippen LogP) is 0.503. The molecule has 0 atom stereocenters. The Morgan fingerprint density at radius 2 is 1.83 bits per heavy atom. The lowest BCUT2D eigenvalue weighted by molar-refractivity contribution is 0.1000. The first-order chi connectivity index (χ1) is 14.3. The van der Waals surface area contributed by atoms with Gasteiger partial charge in [0, 0.05) is 38.4 Å². The molecule has 3 N–H and O–H groups in total. The molecule has 1 aliphatic heterocycles. The van der Waals surface area contributed by atoms with Crippen molar-refractivity contribution in [2.24, 2.45) is 5.73 Å². The molecule has 1 aliphatic rings. The van der Waals surface area contributed by atoms with E-state index in [1.54, 1.807) is 30.3 Å². The summed E-state index contributed by atoms with van der Waals surface area (Å²) in [5.41, 5.74) is 5.74. The van der Waals surface area contributed by atoms with Crippen molar-refractivity contribution >= 4 is 33.1 Å². The van der Waals surface area contributed by atoms with Crippen LogP contribution in [0.15, 0.2) is 51.6 Å². The minimum absolute atomic E-state index is 0.225. The number of anilines is 1. The van der Waals surface area contributed by atoms with Gasteiger partial charge in [0.25, 0.3) is 15.6 Å². The van der Waals surface area contributed by atoms with E-state index < -0.39 is 15.9 Å². The van der Waals surface area contributed by atoms with E-state index in [4.69, 9.17) is 5.73 Å². The first kappa shape index (κ1) is 20.2. The highest BCUT2D eigenvalue weighted by Crippen LogP contribution is 2.31. The van der Waals surface area contributed by atoms with E-state index in [0.717, 1.165) is 11.3 Å². The molecule has 156 valence electrons. The van der Waals surface area contributed by atoms with Gasteiger partial charge in [0.2, 0.25) is 5.91 Å². The molecule has 3 aromatic rings.